The van der Waals surface area contributed by atoms with E-state index in [2.05, 4.69) is 0 Å². The summed E-state index contributed by atoms with van der Waals surface area (Å²) in [6.45, 7) is 10.8. The molecule has 118 valence electrons. The first kappa shape index (κ1) is 17.3. The smallest absolute Gasteiger partial charge is 0.339 e. The summed E-state index contributed by atoms with van der Waals surface area (Å²) in [7, 11) is 0. The number of para-hydroxylation sites is 1. The first-order valence-corrected chi connectivity index (χ1v) is 6.57. The molecule has 0 aromatic heterocycles. The molecule has 6 nitrogen and oxygen atoms in total. The van der Waals surface area contributed by atoms with Crippen LogP contribution >= 0.6 is 0 Å². The molecule has 6 heteroatoms. The molecule has 1 rings (SSSR count). The second-order valence-electron chi connectivity index (χ2n) is 6.50. The van der Waals surface area contributed by atoms with Crippen LogP contribution < -0.4 is 9.78 Å². The van der Waals surface area contributed by atoms with Crippen molar-refractivity contribution in [2.45, 2.75) is 52.7 Å². The summed E-state index contributed by atoms with van der Waals surface area (Å²) in [5.74, 6) is -1.05. The van der Waals surface area contributed by atoms with Gasteiger partial charge in [0, 0.05) is 0 Å². The Morgan fingerprint density at radius 3 is 1.95 bits per heavy atom. The highest BCUT2D eigenvalue weighted by Crippen LogP contribution is 2.33. The minimum Gasteiger partial charge on any atom is -0.478 e. The molecule has 1 N–H and O–H groups in total. The minimum absolute atomic E-state index is 0.0378. The molecule has 0 aliphatic carbocycles. The lowest BCUT2D eigenvalue weighted by atomic mass is 10.2. The third-order valence-corrected chi connectivity index (χ3v) is 1.97. The second-order valence-corrected chi connectivity index (χ2v) is 6.50. The maximum Gasteiger partial charge on any atom is 0.339 e. The van der Waals surface area contributed by atoms with E-state index in [4.69, 9.17) is 19.6 Å². The quantitative estimate of drug-likeness (QED) is 0.661. The Kier molecular flexibility index (Phi) is 5.20. The first-order valence-electron chi connectivity index (χ1n) is 6.57. The van der Waals surface area contributed by atoms with Crippen molar-refractivity contribution >= 4 is 5.97 Å². The Bertz CT molecular complexity index is 496. The van der Waals surface area contributed by atoms with E-state index in [1.807, 2.05) is 0 Å². The highest BCUT2D eigenvalue weighted by molar-refractivity contribution is 5.91. The molecular weight excluding hydrogens is 276 g/mol. The molecule has 0 unspecified atom stereocenters. The lowest BCUT2D eigenvalue weighted by Gasteiger charge is -2.21. The van der Waals surface area contributed by atoms with Crippen LogP contribution in [-0.2, 0) is 9.78 Å². The van der Waals surface area contributed by atoms with Gasteiger partial charge in [-0.15, -0.1) is 0 Å². The molecule has 0 aliphatic rings. The summed E-state index contributed by atoms with van der Waals surface area (Å²) in [6, 6.07) is 4.47. The standard InChI is InChI=1S/C15H22O6/c1-14(2,3)20-18-11-9-7-8-10(13(16)17)12(11)19-21-15(4,5)6/h7-9H,1-6H3,(H,16,17). The number of carboxylic acids is 1. The zero-order valence-electron chi connectivity index (χ0n) is 13.2. The second kappa shape index (κ2) is 6.32. The van der Waals surface area contributed by atoms with Crippen LogP contribution in [-0.4, -0.2) is 22.3 Å². The number of aromatic carboxylic acids is 1. The molecule has 0 heterocycles. The average Bonchev–Trinajstić information content (AvgIpc) is 2.31. The molecule has 0 amide bonds. The van der Waals surface area contributed by atoms with Crippen molar-refractivity contribution in [3.05, 3.63) is 23.8 Å². The van der Waals surface area contributed by atoms with Crippen molar-refractivity contribution in [1.82, 2.24) is 0 Å². The lowest BCUT2D eigenvalue weighted by Crippen LogP contribution is -2.23. The number of carbonyl (C=O) groups is 1. The van der Waals surface area contributed by atoms with Gasteiger partial charge in [0.15, 0.2) is 0 Å². The molecule has 0 saturated carbocycles. The third kappa shape index (κ3) is 6.01. The van der Waals surface area contributed by atoms with Gasteiger partial charge in [0.2, 0.25) is 11.5 Å². The first-order chi connectivity index (χ1) is 9.49. The average molecular weight is 298 g/mol. The molecule has 0 bridgehead atoms. The monoisotopic (exact) mass is 298 g/mol. The minimum atomic E-state index is -1.15. The van der Waals surface area contributed by atoms with E-state index in [9.17, 15) is 9.90 Å². The molecule has 0 spiro atoms. The van der Waals surface area contributed by atoms with Crippen LogP contribution in [0.1, 0.15) is 51.9 Å². The van der Waals surface area contributed by atoms with Crippen LogP contribution in [0.15, 0.2) is 18.2 Å². The van der Waals surface area contributed by atoms with Crippen LogP contribution in [0, 0.1) is 0 Å². The summed E-state index contributed by atoms with van der Waals surface area (Å²) in [6.07, 6.45) is 0. The van der Waals surface area contributed by atoms with Gasteiger partial charge < -0.3 is 14.9 Å². The maximum absolute atomic E-state index is 11.3. The maximum atomic E-state index is 11.3. The van der Waals surface area contributed by atoms with E-state index in [0.717, 1.165) is 0 Å². The molecule has 0 radical (unpaired) electrons. The summed E-state index contributed by atoms with van der Waals surface area (Å²) in [5.41, 5.74) is -1.23. The summed E-state index contributed by atoms with van der Waals surface area (Å²) in [4.78, 5) is 32.0. The summed E-state index contributed by atoms with van der Waals surface area (Å²) < 4.78 is 0. The van der Waals surface area contributed by atoms with Crippen molar-refractivity contribution in [3.8, 4) is 11.5 Å². The van der Waals surface area contributed by atoms with Crippen molar-refractivity contribution in [1.29, 1.82) is 0 Å². The SMILES string of the molecule is CC(C)(C)OOc1cccc(C(=O)O)c1OOC(C)(C)C. The van der Waals surface area contributed by atoms with Gasteiger partial charge in [-0.1, -0.05) is 6.07 Å². The van der Waals surface area contributed by atoms with Gasteiger partial charge in [0.25, 0.3) is 0 Å². The molecule has 1 aromatic rings. The predicted molar refractivity (Wildman–Crippen MR) is 76.3 cm³/mol. The lowest BCUT2D eigenvalue weighted by molar-refractivity contribution is -0.292. The van der Waals surface area contributed by atoms with E-state index in [1.165, 1.54) is 12.1 Å². The van der Waals surface area contributed by atoms with E-state index in [-0.39, 0.29) is 17.1 Å². The van der Waals surface area contributed by atoms with E-state index < -0.39 is 17.2 Å². The largest absolute Gasteiger partial charge is 0.478 e. The number of carboxylic acid groups (broad SMARTS) is 1. The van der Waals surface area contributed by atoms with Gasteiger partial charge >= 0.3 is 5.97 Å². The van der Waals surface area contributed by atoms with Gasteiger partial charge in [-0.05, 0) is 53.7 Å². The van der Waals surface area contributed by atoms with Crippen molar-refractivity contribution in [3.63, 3.8) is 0 Å². The molecule has 0 atom stereocenters. The molecule has 0 fully saturated rings. The highest BCUT2D eigenvalue weighted by atomic mass is 17.2. The van der Waals surface area contributed by atoms with Crippen LogP contribution in [0.2, 0.25) is 0 Å². The van der Waals surface area contributed by atoms with Crippen LogP contribution in [0.4, 0.5) is 0 Å². The van der Waals surface area contributed by atoms with E-state index in [1.54, 1.807) is 47.6 Å². The van der Waals surface area contributed by atoms with E-state index in [0.29, 0.717) is 0 Å². The molecule has 21 heavy (non-hydrogen) atoms. The van der Waals surface area contributed by atoms with E-state index >= 15 is 0 Å². The van der Waals surface area contributed by atoms with Gasteiger partial charge in [-0.3, -0.25) is 0 Å². The fraction of sp³-hybridized carbons (Fsp3) is 0.533. The highest BCUT2D eigenvalue weighted by Gasteiger charge is 2.23. The predicted octanol–water partition coefficient (Wildman–Crippen LogP) is 3.60. The normalized spacial score (nSPS) is 12.1. The summed E-state index contributed by atoms with van der Waals surface area (Å²) in [5, 5.41) is 9.22. The Balaban J connectivity index is 3.05. The Labute approximate surface area is 124 Å². The van der Waals surface area contributed by atoms with Gasteiger partial charge in [0.1, 0.15) is 16.8 Å². The topological polar surface area (TPSA) is 74.2 Å². The Morgan fingerprint density at radius 1 is 0.952 bits per heavy atom. The van der Waals surface area contributed by atoms with Crippen LogP contribution in [0.3, 0.4) is 0 Å². The molecule has 0 aliphatic heterocycles. The molecule has 1 aromatic carbocycles. The zero-order valence-corrected chi connectivity index (χ0v) is 13.2. The Hall–Kier alpha value is -1.79. The van der Waals surface area contributed by atoms with Crippen molar-refractivity contribution in [2.75, 3.05) is 0 Å². The number of rotatable bonds is 5. The van der Waals surface area contributed by atoms with Gasteiger partial charge in [0.05, 0.1) is 0 Å². The third-order valence-electron chi connectivity index (χ3n) is 1.97. The summed E-state index contributed by atoms with van der Waals surface area (Å²) >= 11 is 0. The fourth-order valence-electron chi connectivity index (χ4n) is 1.17. The fourth-order valence-corrected chi connectivity index (χ4v) is 1.17. The number of benzene rings is 1. The molecular formula is C15H22O6. The number of hydrogen-bond acceptors (Lipinski definition) is 5. The van der Waals surface area contributed by atoms with Crippen molar-refractivity contribution < 1.29 is 29.5 Å². The molecule has 0 saturated heterocycles. The number of hydrogen-bond donors (Lipinski definition) is 1. The zero-order chi connectivity index (χ0) is 16.3. The van der Waals surface area contributed by atoms with Crippen LogP contribution in [0.5, 0.6) is 11.5 Å². The Morgan fingerprint density at radius 2 is 1.48 bits per heavy atom. The van der Waals surface area contributed by atoms with Gasteiger partial charge in [-0.25, -0.2) is 4.79 Å². The van der Waals surface area contributed by atoms with Crippen LogP contribution in [0.25, 0.3) is 0 Å². The van der Waals surface area contributed by atoms with Crippen molar-refractivity contribution in [2.24, 2.45) is 0 Å². The van der Waals surface area contributed by atoms with Gasteiger partial charge in [-0.2, -0.15) is 9.78 Å².